The van der Waals surface area contributed by atoms with Crippen molar-refractivity contribution in [3.63, 3.8) is 0 Å². The normalized spacial score (nSPS) is 16.4. The molecule has 41 heavy (non-hydrogen) atoms. The molecule has 2 aliphatic heterocycles. The number of aromatic nitrogens is 1. The zero-order chi connectivity index (χ0) is 30.8. The Labute approximate surface area is 236 Å². The van der Waals surface area contributed by atoms with Gasteiger partial charge in [-0.05, 0) is 61.7 Å². The molecular formula is C26H28ClF6N3O5. The molecule has 1 spiro atoms. The Hall–Kier alpha value is -3.39. The quantitative estimate of drug-likeness (QED) is 0.455. The molecule has 2 aliphatic rings. The number of aliphatic carboxylic acids is 2. The van der Waals surface area contributed by atoms with Crippen LogP contribution in [0.5, 0.6) is 0 Å². The van der Waals surface area contributed by atoms with Crippen molar-refractivity contribution in [3.8, 4) is 0 Å². The van der Waals surface area contributed by atoms with E-state index in [2.05, 4.69) is 22.0 Å². The molecule has 15 heteroatoms. The van der Waals surface area contributed by atoms with Crippen LogP contribution in [0.2, 0.25) is 5.02 Å². The first kappa shape index (κ1) is 33.8. The van der Waals surface area contributed by atoms with Crippen molar-refractivity contribution < 1.29 is 50.9 Å². The molecule has 2 saturated heterocycles. The number of carboxylic acid groups (broad SMARTS) is 2. The van der Waals surface area contributed by atoms with Crippen molar-refractivity contribution in [2.24, 2.45) is 5.41 Å². The molecule has 0 radical (unpaired) electrons. The zero-order valence-electron chi connectivity index (χ0n) is 21.6. The predicted molar refractivity (Wildman–Crippen MR) is 135 cm³/mol. The fourth-order valence-electron chi connectivity index (χ4n) is 4.24. The zero-order valence-corrected chi connectivity index (χ0v) is 22.3. The van der Waals surface area contributed by atoms with Crippen LogP contribution in [0, 0.1) is 5.41 Å². The van der Waals surface area contributed by atoms with Gasteiger partial charge in [0.15, 0.2) is 0 Å². The van der Waals surface area contributed by atoms with Gasteiger partial charge >= 0.3 is 24.3 Å². The number of carbonyl (C=O) groups excluding carboxylic acids is 1. The van der Waals surface area contributed by atoms with Gasteiger partial charge in [0.05, 0.1) is 0 Å². The minimum Gasteiger partial charge on any atom is -0.475 e. The number of carbonyl (C=O) groups is 3. The van der Waals surface area contributed by atoms with Crippen LogP contribution >= 0.6 is 11.6 Å². The summed E-state index contributed by atoms with van der Waals surface area (Å²) in [6.07, 6.45) is -2.81. The Morgan fingerprint density at radius 3 is 1.83 bits per heavy atom. The summed E-state index contributed by atoms with van der Waals surface area (Å²) in [5, 5.41) is 15.0. The lowest BCUT2D eigenvalue weighted by Crippen LogP contribution is -2.61. The molecule has 3 heterocycles. The Morgan fingerprint density at radius 1 is 0.878 bits per heavy atom. The first-order valence-corrected chi connectivity index (χ1v) is 12.6. The largest absolute Gasteiger partial charge is 0.490 e. The molecule has 0 aliphatic carbocycles. The summed E-state index contributed by atoms with van der Waals surface area (Å²) in [5.41, 5.74) is 2.81. The van der Waals surface area contributed by atoms with Gasteiger partial charge < -0.3 is 15.1 Å². The van der Waals surface area contributed by atoms with Gasteiger partial charge in [0.2, 0.25) is 5.91 Å². The highest BCUT2D eigenvalue weighted by molar-refractivity contribution is 6.30. The monoisotopic (exact) mass is 611 g/mol. The summed E-state index contributed by atoms with van der Waals surface area (Å²) in [6.45, 7) is 5.09. The number of halogens is 7. The number of amides is 1. The van der Waals surface area contributed by atoms with Gasteiger partial charge in [-0.2, -0.15) is 26.3 Å². The van der Waals surface area contributed by atoms with Crippen LogP contribution in [0.25, 0.3) is 0 Å². The van der Waals surface area contributed by atoms with Gasteiger partial charge in [-0.25, -0.2) is 9.59 Å². The van der Waals surface area contributed by atoms with E-state index >= 15 is 0 Å². The van der Waals surface area contributed by atoms with Crippen LogP contribution in [-0.4, -0.2) is 81.4 Å². The first-order chi connectivity index (χ1) is 19.0. The molecule has 1 amide bonds. The summed E-state index contributed by atoms with van der Waals surface area (Å²) >= 11 is 5.97. The molecule has 1 aromatic carbocycles. The van der Waals surface area contributed by atoms with Crippen LogP contribution < -0.4 is 0 Å². The predicted octanol–water partition coefficient (Wildman–Crippen LogP) is 5.06. The van der Waals surface area contributed by atoms with Crippen molar-refractivity contribution in [3.05, 3.63) is 64.9 Å². The third-order valence-electron chi connectivity index (χ3n) is 6.48. The SMILES string of the molecule is O=C(CCc1cccnc1)N1CC2(CCN(Cc3ccc(Cl)cc3)CC2)C1.O=C(O)C(F)(F)F.O=C(O)C(F)(F)F. The van der Waals surface area contributed by atoms with E-state index in [-0.39, 0.29) is 5.91 Å². The number of carboxylic acids is 2. The number of aryl methyl sites for hydroxylation is 1. The van der Waals surface area contributed by atoms with E-state index in [1.165, 1.54) is 18.4 Å². The third kappa shape index (κ3) is 11.6. The Morgan fingerprint density at radius 2 is 1.39 bits per heavy atom. The highest BCUT2D eigenvalue weighted by Crippen LogP contribution is 2.41. The molecule has 2 N–H and O–H groups in total. The second-order valence-corrected chi connectivity index (χ2v) is 10.1. The van der Waals surface area contributed by atoms with Crippen LogP contribution in [0.4, 0.5) is 26.3 Å². The number of rotatable bonds is 5. The fourth-order valence-corrected chi connectivity index (χ4v) is 4.37. The highest BCUT2D eigenvalue weighted by atomic mass is 35.5. The van der Waals surface area contributed by atoms with E-state index in [0.29, 0.717) is 11.8 Å². The smallest absolute Gasteiger partial charge is 0.475 e. The molecule has 0 saturated carbocycles. The van der Waals surface area contributed by atoms with Gasteiger partial charge in [-0.1, -0.05) is 29.8 Å². The molecule has 8 nitrogen and oxygen atoms in total. The van der Waals surface area contributed by atoms with Crippen LogP contribution in [0.1, 0.15) is 30.4 Å². The van der Waals surface area contributed by atoms with Crippen LogP contribution in [0.15, 0.2) is 48.8 Å². The molecule has 2 aromatic rings. The van der Waals surface area contributed by atoms with Gasteiger partial charge in [0, 0.05) is 48.9 Å². The van der Waals surface area contributed by atoms with Gasteiger partial charge in [0.1, 0.15) is 0 Å². The number of pyridine rings is 1. The highest BCUT2D eigenvalue weighted by Gasteiger charge is 2.46. The molecule has 226 valence electrons. The molecule has 0 atom stereocenters. The third-order valence-corrected chi connectivity index (χ3v) is 6.73. The lowest BCUT2D eigenvalue weighted by Gasteiger charge is -2.54. The Balaban J connectivity index is 0.000000349. The van der Waals surface area contributed by atoms with Crippen molar-refractivity contribution >= 4 is 29.4 Å². The average Bonchev–Trinajstić information content (AvgIpc) is 2.88. The topological polar surface area (TPSA) is 111 Å². The summed E-state index contributed by atoms with van der Waals surface area (Å²) in [4.78, 5) is 38.9. The summed E-state index contributed by atoms with van der Waals surface area (Å²) in [7, 11) is 0. The van der Waals surface area contributed by atoms with E-state index < -0.39 is 24.3 Å². The number of hydrogen-bond donors (Lipinski definition) is 2. The number of likely N-dealkylation sites (tertiary alicyclic amines) is 2. The van der Waals surface area contributed by atoms with Gasteiger partial charge in [-0.3, -0.25) is 14.7 Å². The minimum absolute atomic E-state index is 0.285. The number of hydrogen-bond acceptors (Lipinski definition) is 5. The standard InChI is InChI=1S/C22H26ClN3O.2C2HF3O2/c23-20-6-3-19(4-7-20)15-25-12-9-22(10-13-25)16-26(17-22)21(27)8-5-18-2-1-11-24-14-18;2*3-2(4,5)1(6)7/h1-4,6-7,11,14H,5,8-10,12-13,15-17H2;2*(H,6,7). The van der Waals surface area contributed by atoms with E-state index in [9.17, 15) is 31.1 Å². The van der Waals surface area contributed by atoms with Crippen LogP contribution in [0.3, 0.4) is 0 Å². The lowest BCUT2D eigenvalue weighted by atomic mass is 9.71. The second-order valence-electron chi connectivity index (χ2n) is 9.62. The summed E-state index contributed by atoms with van der Waals surface area (Å²) in [6, 6.07) is 12.1. The summed E-state index contributed by atoms with van der Waals surface area (Å²) < 4.78 is 63.5. The first-order valence-electron chi connectivity index (χ1n) is 12.2. The van der Waals surface area contributed by atoms with E-state index in [1.807, 2.05) is 35.4 Å². The number of alkyl halides is 6. The van der Waals surface area contributed by atoms with Crippen molar-refractivity contribution in [2.45, 2.75) is 44.6 Å². The van der Waals surface area contributed by atoms with E-state index in [4.69, 9.17) is 31.4 Å². The number of benzene rings is 1. The number of piperidine rings is 1. The average molecular weight is 612 g/mol. The molecule has 4 rings (SSSR count). The lowest BCUT2D eigenvalue weighted by molar-refractivity contribution is -0.193. The maximum Gasteiger partial charge on any atom is 0.490 e. The molecule has 2 fully saturated rings. The Bertz CT molecular complexity index is 1120. The molecular weight excluding hydrogens is 584 g/mol. The second kappa shape index (κ2) is 14.5. The van der Waals surface area contributed by atoms with E-state index in [0.717, 1.165) is 49.7 Å². The molecule has 1 aromatic heterocycles. The van der Waals surface area contributed by atoms with Crippen molar-refractivity contribution in [1.82, 2.24) is 14.8 Å². The fraction of sp³-hybridized carbons (Fsp3) is 0.462. The minimum atomic E-state index is -5.08. The maximum absolute atomic E-state index is 12.4. The van der Waals surface area contributed by atoms with Crippen LogP contribution in [-0.2, 0) is 27.3 Å². The van der Waals surface area contributed by atoms with E-state index in [1.54, 1.807) is 6.20 Å². The van der Waals surface area contributed by atoms with Gasteiger partial charge in [-0.15, -0.1) is 0 Å². The molecule has 0 bridgehead atoms. The van der Waals surface area contributed by atoms with Crippen molar-refractivity contribution in [1.29, 1.82) is 0 Å². The maximum atomic E-state index is 12.4. The summed E-state index contributed by atoms with van der Waals surface area (Å²) in [5.74, 6) is -5.23. The van der Waals surface area contributed by atoms with Gasteiger partial charge in [0.25, 0.3) is 0 Å². The Kier molecular flexibility index (Phi) is 11.9. The van der Waals surface area contributed by atoms with Crippen molar-refractivity contribution in [2.75, 3.05) is 26.2 Å². The molecule has 0 unspecified atom stereocenters. The number of nitrogens with zero attached hydrogens (tertiary/aromatic N) is 3.